The molecule has 0 spiro atoms. The SMILES string of the molecule is COc1cccc(N(CC(=O)NCCCSCc2ccccc2F)S(=O)(=O)c2ccccc2)c1. The number of amides is 1. The smallest absolute Gasteiger partial charge is 0.264 e. The molecule has 0 bridgehead atoms. The summed E-state index contributed by atoms with van der Waals surface area (Å²) < 4.78 is 46.6. The minimum absolute atomic E-state index is 0.0927. The first-order valence-electron chi connectivity index (χ1n) is 10.7. The molecule has 0 saturated carbocycles. The van der Waals surface area contributed by atoms with E-state index in [2.05, 4.69) is 5.32 Å². The van der Waals surface area contributed by atoms with Crippen molar-refractivity contribution in [3.8, 4) is 5.75 Å². The van der Waals surface area contributed by atoms with E-state index in [1.54, 1.807) is 72.4 Å². The number of nitrogens with zero attached hydrogens (tertiary/aromatic N) is 1. The molecule has 1 amide bonds. The Morgan fingerprint density at radius 2 is 1.76 bits per heavy atom. The number of hydrogen-bond acceptors (Lipinski definition) is 5. The van der Waals surface area contributed by atoms with Gasteiger partial charge in [0.2, 0.25) is 5.91 Å². The van der Waals surface area contributed by atoms with Gasteiger partial charge in [-0.25, -0.2) is 12.8 Å². The molecule has 0 aromatic heterocycles. The Morgan fingerprint density at radius 1 is 1.03 bits per heavy atom. The van der Waals surface area contributed by atoms with Crippen molar-refractivity contribution in [2.24, 2.45) is 0 Å². The van der Waals surface area contributed by atoms with Crippen LogP contribution in [0.15, 0.2) is 83.8 Å². The van der Waals surface area contributed by atoms with Gasteiger partial charge in [-0.2, -0.15) is 11.8 Å². The average Bonchev–Trinajstić information content (AvgIpc) is 2.86. The zero-order valence-electron chi connectivity index (χ0n) is 18.8. The largest absolute Gasteiger partial charge is 0.497 e. The maximum absolute atomic E-state index is 13.7. The van der Waals surface area contributed by atoms with Crippen molar-refractivity contribution in [2.75, 3.05) is 30.3 Å². The van der Waals surface area contributed by atoms with Gasteiger partial charge in [0.05, 0.1) is 17.7 Å². The van der Waals surface area contributed by atoms with Crippen LogP contribution in [0.25, 0.3) is 0 Å². The first-order chi connectivity index (χ1) is 16.4. The molecule has 180 valence electrons. The molecule has 0 unspecified atom stereocenters. The van der Waals surface area contributed by atoms with E-state index in [1.165, 1.54) is 25.3 Å². The number of methoxy groups -OCH3 is 1. The molecule has 3 rings (SSSR count). The second-order valence-electron chi connectivity index (χ2n) is 7.37. The maximum Gasteiger partial charge on any atom is 0.264 e. The standard InChI is InChI=1S/C25H27FN2O4S2/c1-32-22-11-7-10-21(17-22)28(34(30,31)23-12-3-2-4-13-23)18-25(29)27-15-8-16-33-19-20-9-5-6-14-24(20)26/h2-7,9-14,17H,8,15-16,18-19H2,1H3,(H,27,29). The number of rotatable bonds is 12. The van der Waals surface area contributed by atoms with Crippen LogP contribution in [0, 0.1) is 5.82 Å². The molecule has 0 heterocycles. The van der Waals surface area contributed by atoms with Crippen LogP contribution >= 0.6 is 11.8 Å². The van der Waals surface area contributed by atoms with E-state index in [-0.39, 0.29) is 17.3 Å². The Balaban J connectivity index is 1.60. The topological polar surface area (TPSA) is 75.7 Å². The number of benzene rings is 3. The number of carbonyl (C=O) groups excluding carboxylic acids is 1. The summed E-state index contributed by atoms with van der Waals surface area (Å²) in [5.41, 5.74) is 0.982. The van der Waals surface area contributed by atoms with Crippen LogP contribution in [0.4, 0.5) is 10.1 Å². The van der Waals surface area contributed by atoms with Crippen LogP contribution in [-0.4, -0.2) is 40.3 Å². The molecule has 9 heteroatoms. The van der Waals surface area contributed by atoms with Crippen LogP contribution in [0.5, 0.6) is 5.75 Å². The second-order valence-corrected chi connectivity index (χ2v) is 10.3. The van der Waals surface area contributed by atoms with E-state index >= 15 is 0 Å². The van der Waals surface area contributed by atoms with Crippen LogP contribution in [0.2, 0.25) is 0 Å². The van der Waals surface area contributed by atoms with Gasteiger partial charge in [0.1, 0.15) is 18.1 Å². The highest BCUT2D eigenvalue weighted by atomic mass is 32.2. The molecule has 1 N–H and O–H groups in total. The Hall–Kier alpha value is -3.04. The third kappa shape index (κ3) is 6.98. The van der Waals surface area contributed by atoms with Crippen molar-refractivity contribution in [1.29, 1.82) is 0 Å². The molecule has 3 aromatic carbocycles. The number of hydrogen-bond donors (Lipinski definition) is 1. The molecular weight excluding hydrogens is 475 g/mol. The highest BCUT2D eigenvalue weighted by Crippen LogP contribution is 2.26. The summed E-state index contributed by atoms with van der Waals surface area (Å²) in [6.07, 6.45) is 0.676. The van der Waals surface area contributed by atoms with E-state index < -0.39 is 15.9 Å². The predicted octanol–water partition coefficient (Wildman–Crippen LogP) is 4.47. The normalized spacial score (nSPS) is 11.1. The lowest BCUT2D eigenvalue weighted by atomic mass is 10.2. The lowest BCUT2D eigenvalue weighted by Crippen LogP contribution is -2.41. The first kappa shape index (κ1) is 25.6. The molecule has 0 aliphatic heterocycles. The summed E-state index contributed by atoms with van der Waals surface area (Å²) in [7, 11) is -2.48. The van der Waals surface area contributed by atoms with Crippen molar-refractivity contribution in [3.05, 3.63) is 90.2 Å². The Labute approximate surface area is 204 Å². The van der Waals surface area contributed by atoms with E-state index in [9.17, 15) is 17.6 Å². The Morgan fingerprint density at radius 3 is 2.50 bits per heavy atom. The monoisotopic (exact) mass is 502 g/mol. The quantitative estimate of drug-likeness (QED) is 0.370. The number of nitrogens with one attached hydrogen (secondary N) is 1. The van der Waals surface area contributed by atoms with Crippen LogP contribution in [-0.2, 0) is 20.6 Å². The van der Waals surface area contributed by atoms with E-state index in [0.29, 0.717) is 35.7 Å². The van der Waals surface area contributed by atoms with Gasteiger partial charge in [0, 0.05) is 18.4 Å². The molecular formula is C25H27FN2O4S2. The number of ether oxygens (including phenoxy) is 1. The molecule has 0 saturated heterocycles. The first-order valence-corrected chi connectivity index (χ1v) is 13.3. The lowest BCUT2D eigenvalue weighted by Gasteiger charge is -2.24. The molecule has 3 aromatic rings. The molecule has 0 fully saturated rings. The second kappa shape index (κ2) is 12.4. The summed E-state index contributed by atoms with van der Waals surface area (Å²) in [6, 6.07) is 21.2. The Bertz CT molecular complexity index is 1190. The summed E-state index contributed by atoms with van der Waals surface area (Å²) in [4.78, 5) is 12.7. The molecule has 6 nitrogen and oxygen atoms in total. The van der Waals surface area contributed by atoms with Crippen molar-refractivity contribution in [3.63, 3.8) is 0 Å². The lowest BCUT2D eigenvalue weighted by molar-refractivity contribution is -0.119. The van der Waals surface area contributed by atoms with Crippen LogP contribution < -0.4 is 14.4 Å². The minimum atomic E-state index is -3.97. The third-order valence-electron chi connectivity index (χ3n) is 4.96. The highest BCUT2D eigenvalue weighted by Gasteiger charge is 2.27. The number of sulfonamides is 1. The number of anilines is 1. The molecule has 0 aliphatic carbocycles. The number of carbonyl (C=O) groups is 1. The van der Waals surface area contributed by atoms with Gasteiger partial charge < -0.3 is 10.1 Å². The highest BCUT2D eigenvalue weighted by molar-refractivity contribution is 7.98. The van der Waals surface area contributed by atoms with Gasteiger partial charge in [0.25, 0.3) is 10.0 Å². The zero-order chi connectivity index (χ0) is 24.4. The van der Waals surface area contributed by atoms with E-state index in [4.69, 9.17) is 4.74 Å². The average molecular weight is 503 g/mol. The molecule has 34 heavy (non-hydrogen) atoms. The summed E-state index contributed by atoms with van der Waals surface area (Å²) in [5.74, 6) is 1.14. The van der Waals surface area contributed by atoms with Gasteiger partial charge in [-0.05, 0) is 48.1 Å². The Kier molecular flexibility index (Phi) is 9.35. The zero-order valence-corrected chi connectivity index (χ0v) is 20.4. The van der Waals surface area contributed by atoms with E-state index in [0.717, 1.165) is 10.1 Å². The molecule has 0 radical (unpaired) electrons. The fourth-order valence-electron chi connectivity index (χ4n) is 3.19. The van der Waals surface area contributed by atoms with Gasteiger partial charge in [-0.1, -0.05) is 42.5 Å². The molecule has 0 atom stereocenters. The predicted molar refractivity (Wildman–Crippen MR) is 134 cm³/mol. The minimum Gasteiger partial charge on any atom is -0.497 e. The molecule has 0 aliphatic rings. The van der Waals surface area contributed by atoms with Crippen LogP contribution in [0.3, 0.4) is 0 Å². The van der Waals surface area contributed by atoms with Gasteiger partial charge >= 0.3 is 0 Å². The summed E-state index contributed by atoms with van der Waals surface area (Å²) in [6.45, 7) is 0.0210. The summed E-state index contributed by atoms with van der Waals surface area (Å²) in [5, 5.41) is 2.78. The van der Waals surface area contributed by atoms with Crippen molar-refractivity contribution >= 4 is 33.4 Å². The third-order valence-corrected chi connectivity index (χ3v) is 7.84. The maximum atomic E-state index is 13.7. The van der Waals surface area contributed by atoms with Crippen molar-refractivity contribution in [2.45, 2.75) is 17.1 Å². The van der Waals surface area contributed by atoms with E-state index in [1.807, 2.05) is 0 Å². The van der Waals surface area contributed by atoms with Gasteiger partial charge in [-0.3, -0.25) is 9.10 Å². The van der Waals surface area contributed by atoms with Crippen LogP contribution in [0.1, 0.15) is 12.0 Å². The number of thioether (sulfide) groups is 1. The van der Waals surface area contributed by atoms with Crippen molar-refractivity contribution in [1.82, 2.24) is 5.32 Å². The number of halogens is 1. The van der Waals surface area contributed by atoms with Gasteiger partial charge in [-0.15, -0.1) is 0 Å². The fraction of sp³-hybridized carbons (Fsp3) is 0.240. The fourth-order valence-corrected chi connectivity index (χ4v) is 5.57. The summed E-state index contributed by atoms with van der Waals surface area (Å²) >= 11 is 1.58. The van der Waals surface area contributed by atoms with Gasteiger partial charge in [0.15, 0.2) is 0 Å². The van der Waals surface area contributed by atoms with Crippen molar-refractivity contribution < 1.29 is 22.3 Å².